The van der Waals surface area contributed by atoms with E-state index in [9.17, 15) is 0 Å². The highest BCUT2D eigenvalue weighted by molar-refractivity contribution is 9.10. The molecule has 0 fully saturated rings. The first-order chi connectivity index (χ1) is 22.6. The highest BCUT2D eigenvalue weighted by atomic mass is 79.9. The van der Waals surface area contributed by atoms with Gasteiger partial charge in [0.05, 0.1) is 5.69 Å². The van der Waals surface area contributed by atoms with E-state index in [1.807, 2.05) is 6.20 Å². The number of hydrogen-bond donors (Lipinski definition) is 0. The van der Waals surface area contributed by atoms with Gasteiger partial charge in [0.1, 0.15) is 0 Å². The molecule has 0 unspecified atom stereocenters. The maximum absolute atomic E-state index is 4.81. The van der Waals surface area contributed by atoms with E-state index in [-0.39, 0.29) is 5.41 Å². The van der Waals surface area contributed by atoms with E-state index in [1.165, 1.54) is 134 Å². The van der Waals surface area contributed by atoms with Crippen molar-refractivity contribution in [2.24, 2.45) is 0 Å². The first-order valence-corrected chi connectivity index (χ1v) is 18.8. The second-order valence-corrected chi connectivity index (χ2v) is 14.5. The van der Waals surface area contributed by atoms with Gasteiger partial charge < -0.3 is 0 Å². The van der Waals surface area contributed by atoms with Crippen LogP contribution >= 0.6 is 15.9 Å². The summed E-state index contributed by atoms with van der Waals surface area (Å²) in [4.78, 5) is 4.81. The number of nitrogens with zero attached hydrogens (tertiary/aromatic N) is 1. The Hall–Kier alpha value is -3.23. The molecule has 2 heteroatoms. The number of unbranched alkanes of at least 4 members (excludes halogenated alkanes) is 10. The van der Waals surface area contributed by atoms with Crippen molar-refractivity contribution >= 4 is 26.7 Å². The number of fused-ring (bicyclic) bond motifs is 4. The number of halogens is 1. The van der Waals surface area contributed by atoms with Crippen molar-refractivity contribution in [3.05, 3.63) is 113 Å². The third-order valence-electron chi connectivity index (χ3n) is 10.4. The Bertz CT molecular complexity index is 1720. The Morgan fingerprint density at radius 3 is 1.70 bits per heavy atom. The number of rotatable bonds is 16. The van der Waals surface area contributed by atoms with Gasteiger partial charge >= 0.3 is 0 Å². The van der Waals surface area contributed by atoms with Gasteiger partial charge in [0, 0.05) is 21.6 Å². The lowest BCUT2D eigenvalue weighted by atomic mass is 9.70. The van der Waals surface area contributed by atoms with Crippen molar-refractivity contribution in [2.45, 2.75) is 109 Å². The molecule has 0 amide bonds. The van der Waals surface area contributed by atoms with Crippen LogP contribution in [0.2, 0.25) is 0 Å². The molecule has 4 aromatic carbocycles. The van der Waals surface area contributed by atoms with Crippen LogP contribution in [0.15, 0.2) is 102 Å². The van der Waals surface area contributed by atoms with Crippen LogP contribution < -0.4 is 0 Å². The van der Waals surface area contributed by atoms with Crippen LogP contribution in [0.1, 0.15) is 115 Å². The summed E-state index contributed by atoms with van der Waals surface area (Å²) in [6.45, 7) is 4.62. The molecule has 1 heterocycles. The first-order valence-electron chi connectivity index (χ1n) is 18.0. The molecule has 0 saturated heterocycles. The Balaban J connectivity index is 1.42. The SMILES string of the molecule is CCCCCCCCC1(CCCCCCCC)c2cc(-c3ccc4ccccc4c3)ccc2-c2ccc(-c3ccc(Br)cn3)cc21. The predicted molar refractivity (Wildman–Crippen MR) is 203 cm³/mol. The largest absolute Gasteiger partial charge is 0.255 e. The van der Waals surface area contributed by atoms with Gasteiger partial charge in [0.25, 0.3) is 0 Å². The van der Waals surface area contributed by atoms with Gasteiger partial charge in [-0.3, -0.25) is 4.98 Å². The Kier molecular flexibility index (Phi) is 11.1. The lowest BCUT2D eigenvalue weighted by molar-refractivity contribution is 0.398. The van der Waals surface area contributed by atoms with E-state index in [4.69, 9.17) is 4.98 Å². The summed E-state index contributed by atoms with van der Waals surface area (Å²) in [7, 11) is 0. The smallest absolute Gasteiger partial charge is 0.0702 e. The van der Waals surface area contributed by atoms with E-state index in [2.05, 4.69) is 121 Å². The van der Waals surface area contributed by atoms with Crippen molar-refractivity contribution in [1.29, 1.82) is 0 Å². The van der Waals surface area contributed by atoms with Crippen molar-refractivity contribution in [3.63, 3.8) is 0 Å². The molecule has 1 aliphatic carbocycles. The molecule has 1 aliphatic rings. The van der Waals surface area contributed by atoms with Crippen LogP contribution in [0.4, 0.5) is 0 Å². The van der Waals surface area contributed by atoms with E-state index in [0.717, 1.165) is 10.2 Å². The summed E-state index contributed by atoms with van der Waals surface area (Å²) < 4.78 is 1.02. The summed E-state index contributed by atoms with van der Waals surface area (Å²) in [6.07, 6.45) is 20.3. The fraction of sp³-hybridized carbons (Fsp3) is 0.386. The van der Waals surface area contributed by atoms with Crippen LogP contribution in [0.25, 0.3) is 44.3 Å². The minimum Gasteiger partial charge on any atom is -0.255 e. The quantitative estimate of drug-likeness (QED) is 0.0951. The standard InChI is InChI=1S/C44H50BrN/c1-3-5-7-9-11-15-27-44(28-16-12-10-8-6-4-2)41-30-36(35-20-19-33-17-13-14-18-34(33)29-35)21-24-39(41)40-25-22-37(31-42(40)44)43-26-23-38(45)32-46-43/h13-14,17-26,29-32H,3-12,15-16,27-28H2,1-2H3. The second kappa shape index (κ2) is 15.6. The average molecular weight is 673 g/mol. The highest BCUT2D eigenvalue weighted by Crippen LogP contribution is 2.55. The van der Waals surface area contributed by atoms with Gasteiger partial charge in [-0.25, -0.2) is 0 Å². The molecule has 46 heavy (non-hydrogen) atoms. The summed E-state index contributed by atoms with van der Waals surface area (Å²) in [5.74, 6) is 0. The Morgan fingerprint density at radius 1 is 0.522 bits per heavy atom. The van der Waals surface area contributed by atoms with Crippen LogP contribution in [0.3, 0.4) is 0 Å². The number of pyridine rings is 1. The number of aromatic nitrogens is 1. The van der Waals surface area contributed by atoms with E-state index < -0.39 is 0 Å². The number of hydrogen-bond acceptors (Lipinski definition) is 1. The predicted octanol–water partition coefficient (Wildman–Crippen LogP) is 14.1. The van der Waals surface area contributed by atoms with Gasteiger partial charge in [-0.1, -0.05) is 152 Å². The zero-order valence-electron chi connectivity index (χ0n) is 28.0. The van der Waals surface area contributed by atoms with Crippen molar-refractivity contribution in [1.82, 2.24) is 4.98 Å². The van der Waals surface area contributed by atoms with Crippen LogP contribution in [0, 0.1) is 0 Å². The molecule has 0 atom stereocenters. The average Bonchev–Trinajstić information content (AvgIpc) is 3.36. The molecular weight excluding hydrogens is 622 g/mol. The van der Waals surface area contributed by atoms with E-state index in [1.54, 1.807) is 5.56 Å². The molecule has 6 rings (SSSR count). The van der Waals surface area contributed by atoms with Gasteiger partial charge in [-0.05, 0) is 103 Å². The Labute approximate surface area is 286 Å². The molecule has 1 nitrogen and oxygen atoms in total. The first kappa shape index (κ1) is 32.7. The van der Waals surface area contributed by atoms with Gasteiger partial charge in [0.2, 0.25) is 0 Å². The normalized spacial score (nSPS) is 13.2. The molecule has 0 radical (unpaired) electrons. The van der Waals surface area contributed by atoms with Gasteiger partial charge in [-0.15, -0.1) is 0 Å². The molecular formula is C44H50BrN. The lowest BCUT2D eigenvalue weighted by Gasteiger charge is -2.33. The molecule has 0 N–H and O–H groups in total. The molecule has 5 aromatic rings. The minimum absolute atomic E-state index is 0.0262. The molecule has 0 aliphatic heterocycles. The Morgan fingerprint density at radius 2 is 1.07 bits per heavy atom. The maximum Gasteiger partial charge on any atom is 0.0702 e. The zero-order valence-corrected chi connectivity index (χ0v) is 29.5. The molecule has 0 saturated carbocycles. The summed E-state index contributed by atoms with van der Waals surface area (Å²) in [5, 5.41) is 2.61. The van der Waals surface area contributed by atoms with Crippen molar-refractivity contribution < 1.29 is 0 Å². The van der Waals surface area contributed by atoms with Crippen LogP contribution in [-0.2, 0) is 5.41 Å². The van der Waals surface area contributed by atoms with Crippen molar-refractivity contribution in [2.75, 3.05) is 0 Å². The van der Waals surface area contributed by atoms with Crippen LogP contribution in [0.5, 0.6) is 0 Å². The van der Waals surface area contributed by atoms with E-state index in [0.29, 0.717) is 0 Å². The zero-order chi connectivity index (χ0) is 31.8. The highest BCUT2D eigenvalue weighted by Gasteiger charge is 2.42. The molecule has 0 bridgehead atoms. The third kappa shape index (κ3) is 7.18. The summed E-state index contributed by atoms with van der Waals surface area (Å²) >= 11 is 3.58. The second-order valence-electron chi connectivity index (χ2n) is 13.6. The molecule has 1 aromatic heterocycles. The monoisotopic (exact) mass is 671 g/mol. The summed E-state index contributed by atoms with van der Waals surface area (Å²) in [5.41, 5.74) is 10.9. The van der Waals surface area contributed by atoms with Crippen molar-refractivity contribution in [3.8, 4) is 33.5 Å². The minimum atomic E-state index is 0.0262. The third-order valence-corrected chi connectivity index (χ3v) is 10.8. The van der Waals surface area contributed by atoms with E-state index >= 15 is 0 Å². The summed E-state index contributed by atoms with van der Waals surface area (Å²) in [6, 6.07) is 34.5. The fourth-order valence-electron chi connectivity index (χ4n) is 7.83. The maximum atomic E-state index is 4.81. The lowest BCUT2D eigenvalue weighted by Crippen LogP contribution is -2.25. The molecule has 238 valence electrons. The number of benzene rings is 4. The van der Waals surface area contributed by atoms with Crippen LogP contribution in [-0.4, -0.2) is 4.98 Å². The molecule has 0 spiro atoms. The van der Waals surface area contributed by atoms with Gasteiger partial charge in [0.15, 0.2) is 0 Å². The fourth-order valence-corrected chi connectivity index (χ4v) is 8.06. The topological polar surface area (TPSA) is 12.9 Å². The van der Waals surface area contributed by atoms with Gasteiger partial charge in [-0.2, -0.15) is 0 Å².